The molecule has 2 aromatic heterocycles. The molecule has 0 saturated heterocycles. The fourth-order valence-corrected chi connectivity index (χ4v) is 3.39. The highest BCUT2D eigenvalue weighted by Gasteiger charge is 2.17. The van der Waals surface area contributed by atoms with E-state index in [-0.39, 0.29) is 5.69 Å². The highest BCUT2D eigenvalue weighted by molar-refractivity contribution is 7.99. The lowest BCUT2D eigenvalue weighted by atomic mass is 10.1. The Hall–Kier alpha value is -3.59. The number of nitro groups is 1. The number of hydrogen-bond donors (Lipinski definition) is 0. The van der Waals surface area contributed by atoms with Crippen LogP contribution in [-0.2, 0) is 6.42 Å². The average molecular weight is 390 g/mol. The maximum atomic E-state index is 10.8. The summed E-state index contributed by atoms with van der Waals surface area (Å²) in [6.07, 6.45) is 2.98. The Morgan fingerprint density at radius 2 is 1.57 bits per heavy atom. The zero-order valence-corrected chi connectivity index (χ0v) is 15.4. The number of aromatic nitrogens is 5. The van der Waals surface area contributed by atoms with Crippen LogP contribution in [0.15, 0.2) is 83.4 Å². The van der Waals surface area contributed by atoms with Gasteiger partial charge in [-0.15, -0.1) is 10.2 Å². The topological polar surface area (TPSA) is 99.6 Å². The van der Waals surface area contributed by atoms with Gasteiger partial charge in [-0.1, -0.05) is 48.5 Å². The minimum absolute atomic E-state index is 0.154. The predicted molar refractivity (Wildman–Crippen MR) is 103 cm³/mol. The summed E-state index contributed by atoms with van der Waals surface area (Å²) in [4.78, 5) is 18.4. The smallest absolute Gasteiger partial charge is 0.273 e. The van der Waals surface area contributed by atoms with Gasteiger partial charge in [0.1, 0.15) is 18.2 Å². The van der Waals surface area contributed by atoms with Crippen LogP contribution in [0.2, 0.25) is 0 Å². The van der Waals surface area contributed by atoms with Crippen molar-refractivity contribution in [3.8, 4) is 5.69 Å². The molecule has 0 radical (unpaired) electrons. The first-order valence-electron chi connectivity index (χ1n) is 8.38. The molecule has 0 saturated carbocycles. The zero-order chi connectivity index (χ0) is 19.3. The van der Waals surface area contributed by atoms with Gasteiger partial charge in [-0.3, -0.25) is 14.7 Å². The van der Waals surface area contributed by atoms with Crippen LogP contribution in [0.3, 0.4) is 0 Å². The van der Waals surface area contributed by atoms with Crippen LogP contribution in [0.4, 0.5) is 5.69 Å². The van der Waals surface area contributed by atoms with Crippen LogP contribution < -0.4 is 0 Å². The third-order valence-corrected chi connectivity index (χ3v) is 4.77. The van der Waals surface area contributed by atoms with E-state index in [2.05, 4.69) is 20.2 Å². The molecule has 2 heterocycles. The normalized spacial score (nSPS) is 10.7. The molecule has 2 aromatic carbocycles. The Kier molecular flexibility index (Phi) is 5.07. The van der Waals surface area contributed by atoms with Crippen molar-refractivity contribution in [3.05, 3.63) is 94.6 Å². The van der Waals surface area contributed by atoms with Gasteiger partial charge in [-0.2, -0.15) is 0 Å². The molecule has 138 valence electrons. The average Bonchev–Trinajstić information content (AvgIpc) is 3.11. The van der Waals surface area contributed by atoms with Crippen LogP contribution in [-0.4, -0.2) is 29.7 Å². The molecule has 9 heteroatoms. The number of para-hydroxylation sites is 1. The van der Waals surface area contributed by atoms with E-state index in [1.54, 1.807) is 0 Å². The van der Waals surface area contributed by atoms with Crippen molar-refractivity contribution in [1.82, 2.24) is 24.7 Å². The van der Waals surface area contributed by atoms with E-state index in [0.29, 0.717) is 16.7 Å². The molecule has 28 heavy (non-hydrogen) atoms. The molecule has 0 N–H and O–H groups in total. The van der Waals surface area contributed by atoms with Crippen LogP contribution >= 0.6 is 11.8 Å². The van der Waals surface area contributed by atoms with Gasteiger partial charge in [0.2, 0.25) is 5.16 Å². The third-order valence-electron chi connectivity index (χ3n) is 3.93. The van der Waals surface area contributed by atoms with E-state index in [4.69, 9.17) is 0 Å². The second kappa shape index (κ2) is 7.97. The molecule has 4 aromatic rings. The number of rotatable bonds is 6. The van der Waals surface area contributed by atoms with Gasteiger partial charge < -0.3 is 0 Å². The highest BCUT2D eigenvalue weighted by Crippen LogP contribution is 2.27. The summed E-state index contributed by atoms with van der Waals surface area (Å²) >= 11 is 1.21. The van der Waals surface area contributed by atoms with Crippen molar-refractivity contribution in [2.75, 3.05) is 0 Å². The van der Waals surface area contributed by atoms with E-state index in [9.17, 15) is 10.1 Å². The van der Waals surface area contributed by atoms with E-state index >= 15 is 0 Å². The monoisotopic (exact) mass is 390 g/mol. The largest absolute Gasteiger partial charge is 0.305 e. The molecule has 0 aliphatic heterocycles. The fraction of sp³-hybridized carbons (Fsp3) is 0.0526. The fourth-order valence-electron chi connectivity index (χ4n) is 2.63. The summed E-state index contributed by atoms with van der Waals surface area (Å²) in [5.74, 6) is 0.779. The summed E-state index contributed by atoms with van der Waals surface area (Å²) in [6.45, 7) is 0. The van der Waals surface area contributed by atoms with E-state index in [1.807, 2.05) is 65.2 Å². The van der Waals surface area contributed by atoms with Gasteiger partial charge >= 0.3 is 5.69 Å². The molecular weight excluding hydrogens is 376 g/mol. The standard InChI is InChI=1S/C19H14N6O2S/c26-25(27)16-12-20-18(21-13-16)28-19-23-22-17(11-14-7-3-1-4-8-14)24(19)15-9-5-2-6-10-15/h1-10,12-13H,11H2. The van der Waals surface area contributed by atoms with E-state index in [1.165, 1.54) is 24.2 Å². The molecular formula is C19H14N6O2S. The Morgan fingerprint density at radius 3 is 2.21 bits per heavy atom. The SMILES string of the molecule is O=[N+]([O-])c1cnc(Sc2nnc(Cc3ccccc3)n2-c2ccccc2)nc1. The van der Waals surface area contributed by atoms with Crippen molar-refractivity contribution in [2.24, 2.45) is 0 Å². The van der Waals surface area contributed by atoms with Gasteiger partial charge in [-0.05, 0) is 29.5 Å². The lowest BCUT2D eigenvalue weighted by Crippen LogP contribution is -2.04. The predicted octanol–water partition coefficient (Wildman–Crippen LogP) is 3.71. The first kappa shape index (κ1) is 17.8. The Labute approximate surface area is 164 Å². The zero-order valence-electron chi connectivity index (χ0n) is 14.5. The Bertz CT molecular complexity index is 1080. The summed E-state index contributed by atoms with van der Waals surface area (Å²) in [5.41, 5.74) is 1.89. The summed E-state index contributed by atoms with van der Waals surface area (Å²) < 4.78 is 1.95. The maximum absolute atomic E-state index is 10.8. The van der Waals surface area contributed by atoms with Crippen LogP contribution in [0, 0.1) is 10.1 Å². The molecule has 0 aliphatic carbocycles. The van der Waals surface area contributed by atoms with Crippen molar-refractivity contribution < 1.29 is 4.92 Å². The molecule has 0 aliphatic rings. The number of benzene rings is 2. The first-order chi connectivity index (χ1) is 13.7. The molecule has 4 rings (SSSR count). The lowest BCUT2D eigenvalue weighted by molar-refractivity contribution is -0.385. The highest BCUT2D eigenvalue weighted by atomic mass is 32.2. The van der Waals surface area contributed by atoms with Crippen molar-refractivity contribution in [1.29, 1.82) is 0 Å². The molecule has 0 bridgehead atoms. The summed E-state index contributed by atoms with van der Waals surface area (Å²) in [5, 5.41) is 20.4. The van der Waals surface area contributed by atoms with E-state index in [0.717, 1.165) is 17.1 Å². The third kappa shape index (κ3) is 3.89. The van der Waals surface area contributed by atoms with E-state index < -0.39 is 4.92 Å². The second-order valence-electron chi connectivity index (χ2n) is 5.82. The van der Waals surface area contributed by atoms with Gasteiger partial charge in [0.05, 0.1) is 4.92 Å². The minimum Gasteiger partial charge on any atom is -0.273 e. The lowest BCUT2D eigenvalue weighted by Gasteiger charge is -2.09. The number of nitrogens with zero attached hydrogens (tertiary/aromatic N) is 6. The van der Waals surface area contributed by atoms with Crippen molar-refractivity contribution in [2.45, 2.75) is 16.7 Å². The second-order valence-corrected chi connectivity index (χ2v) is 6.75. The number of hydrogen-bond acceptors (Lipinski definition) is 7. The van der Waals surface area contributed by atoms with Gasteiger partial charge in [0.15, 0.2) is 5.16 Å². The maximum Gasteiger partial charge on any atom is 0.305 e. The summed E-state index contributed by atoms with van der Waals surface area (Å²) in [6, 6.07) is 19.8. The van der Waals surface area contributed by atoms with Gasteiger partial charge in [-0.25, -0.2) is 9.97 Å². The molecule has 0 spiro atoms. The molecule has 0 amide bonds. The quantitative estimate of drug-likeness (QED) is 0.281. The molecule has 8 nitrogen and oxygen atoms in total. The molecule has 0 atom stereocenters. The van der Waals surface area contributed by atoms with Crippen molar-refractivity contribution in [3.63, 3.8) is 0 Å². The van der Waals surface area contributed by atoms with Gasteiger partial charge in [0.25, 0.3) is 0 Å². The first-order valence-corrected chi connectivity index (χ1v) is 9.20. The summed E-state index contributed by atoms with van der Waals surface area (Å²) in [7, 11) is 0. The van der Waals surface area contributed by atoms with Crippen LogP contribution in [0.5, 0.6) is 0 Å². The Morgan fingerprint density at radius 1 is 0.929 bits per heavy atom. The van der Waals surface area contributed by atoms with Crippen LogP contribution in [0.1, 0.15) is 11.4 Å². The Balaban J connectivity index is 1.69. The molecule has 0 fully saturated rings. The van der Waals surface area contributed by atoms with Crippen molar-refractivity contribution >= 4 is 17.4 Å². The van der Waals surface area contributed by atoms with Crippen LogP contribution in [0.25, 0.3) is 5.69 Å². The minimum atomic E-state index is -0.529. The van der Waals surface area contributed by atoms with Gasteiger partial charge in [0, 0.05) is 12.1 Å². The molecule has 0 unspecified atom stereocenters.